The van der Waals surface area contributed by atoms with Gasteiger partial charge in [0.15, 0.2) is 23.0 Å². The Labute approximate surface area is 204 Å². The van der Waals surface area contributed by atoms with Gasteiger partial charge in [0.25, 0.3) is 11.8 Å². The van der Waals surface area contributed by atoms with Gasteiger partial charge in [-0.2, -0.15) is 0 Å². The Morgan fingerprint density at radius 1 is 0.971 bits per heavy atom. The van der Waals surface area contributed by atoms with E-state index in [9.17, 15) is 9.59 Å². The summed E-state index contributed by atoms with van der Waals surface area (Å²) in [4.78, 5) is 24.9. The number of para-hydroxylation sites is 2. The van der Waals surface area contributed by atoms with E-state index in [1.807, 2.05) is 44.2 Å². The molecule has 0 aromatic heterocycles. The van der Waals surface area contributed by atoms with Crippen LogP contribution in [0, 0.1) is 0 Å². The number of hydrogen-bond donors (Lipinski definition) is 2. The van der Waals surface area contributed by atoms with Gasteiger partial charge in [0.05, 0.1) is 18.9 Å². The fourth-order valence-corrected chi connectivity index (χ4v) is 3.66. The number of fused-ring (bicyclic) bond motifs is 1. The van der Waals surface area contributed by atoms with Crippen LogP contribution < -0.4 is 24.8 Å². The van der Waals surface area contributed by atoms with Gasteiger partial charge in [-0.1, -0.05) is 30.3 Å². The number of carbonyl (C=O) groups is 2. The van der Waals surface area contributed by atoms with Gasteiger partial charge in [0.1, 0.15) is 0 Å². The van der Waals surface area contributed by atoms with Gasteiger partial charge in [-0.15, -0.1) is 0 Å². The number of ether oxygens (including phenoxy) is 3. The molecule has 3 aromatic carbocycles. The average molecular weight is 473 g/mol. The van der Waals surface area contributed by atoms with E-state index in [2.05, 4.69) is 10.6 Å². The van der Waals surface area contributed by atoms with E-state index in [0.717, 1.165) is 16.9 Å². The minimum absolute atomic E-state index is 0.166. The summed E-state index contributed by atoms with van der Waals surface area (Å²) < 4.78 is 17.0. The molecular formula is C28H28N2O5. The molecule has 0 radical (unpaired) electrons. The molecule has 180 valence electrons. The Kier molecular flexibility index (Phi) is 7.67. The first-order valence-corrected chi connectivity index (χ1v) is 11.6. The second-order valence-corrected chi connectivity index (χ2v) is 7.84. The quantitative estimate of drug-likeness (QED) is 0.436. The van der Waals surface area contributed by atoms with Crippen molar-refractivity contribution in [3.05, 3.63) is 89.2 Å². The number of carbonyl (C=O) groups excluding carboxylic acids is 2. The minimum Gasteiger partial charge on any atom is -0.490 e. The smallest absolute Gasteiger partial charge is 0.291 e. The van der Waals surface area contributed by atoms with Gasteiger partial charge in [-0.3, -0.25) is 9.59 Å². The number of anilines is 1. The molecule has 7 nitrogen and oxygen atoms in total. The lowest BCUT2D eigenvalue weighted by Crippen LogP contribution is -2.25. The molecular weight excluding hydrogens is 444 g/mol. The van der Waals surface area contributed by atoms with Gasteiger partial charge in [0.2, 0.25) is 0 Å². The number of benzene rings is 3. The van der Waals surface area contributed by atoms with Gasteiger partial charge in [-0.05, 0) is 73.9 Å². The zero-order valence-corrected chi connectivity index (χ0v) is 19.8. The van der Waals surface area contributed by atoms with Gasteiger partial charge >= 0.3 is 0 Å². The molecule has 35 heavy (non-hydrogen) atoms. The maximum atomic E-state index is 12.6. The Morgan fingerprint density at radius 3 is 2.49 bits per heavy atom. The maximum absolute atomic E-state index is 12.6. The number of hydrogen-bond acceptors (Lipinski definition) is 5. The molecule has 1 heterocycles. The highest BCUT2D eigenvalue weighted by Gasteiger charge is 2.21. The Bertz CT molecular complexity index is 1230. The molecule has 1 aliphatic rings. The van der Waals surface area contributed by atoms with Gasteiger partial charge < -0.3 is 24.8 Å². The van der Waals surface area contributed by atoms with Crippen molar-refractivity contribution in [2.24, 2.45) is 0 Å². The molecule has 2 N–H and O–H groups in total. The van der Waals surface area contributed by atoms with E-state index in [4.69, 9.17) is 14.2 Å². The number of nitrogens with one attached hydrogen (secondary N) is 2. The van der Waals surface area contributed by atoms with Crippen molar-refractivity contribution >= 4 is 23.6 Å². The van der Waals surface area contributed by atoms with Crippen LogP contribution >= 0.6 is 0 Å². The summed E-state index contributed by atoms with van der Waals surface area (Å²) in [6.45, 7) is 5.47. The summed E-state index contributed by atoms with van der Waals surface area (Å²) >= 11 is 0. The van der Waals surface area contributed by atoms with E-state index in [-0.39, 0.29) is 17.6 Å². The number of amides is 2. The Balaban J connectivity index is 1.34. The maximum Gasteiger partial charge on any atom is 0.291 e. The standard InChI is InChI=1S/C28H28N2O5/c1-3-33-24-14-11-20(17-25(24)34-4-2)15-16-29-27(31)21-12-9-19(10-13-21)18-26-28(32)30-22-7-5-6-8-23(22)35-26/h5-14,17-18H,3-4,15-16H2,1-2H3,(H,29,31)(H,30,32). The van der Waals surface area contributed by atoms with E-state index in [1.165, 1.54) is 0 Å². The number of rotatable bonds is 9. The van der Waals surface area contributed by atoms with E-state index in [0.29, 0.717) is 48.9 Å². The summed E-state index contributed by atoms with van der Waals surface area (Å²) in [7, 11) is 0. The molecule has 0 saturated heterocycles. The zero-order chi connectivity index (χ0) is 24.6. The molecule has 4 rings (SSSR count). The first-order chi connectivity index (χ1) is 17.1. The average Bonchev–Trinajstić information content (AvgIpc) is 2.86. The largest absolute Gasteiger partial charge is 0.490 e. The van der Waals surface area contributed by atoms with Crippen LogP contribution in [0.1, 0.15) is 35.3 Å². The van der Waals surface area contributed by atoms with E-state index < -0.39 is 0 Å². The molecule has 0 atom stereocenters. The predicted molar refractivity (Wildman–Crippen MR) is 135 cm³/mol. The van der Waals surface area contributed by atoms with Crippen molar-refractivity contribution in [1.82, 2.24) is 5.32 Å². The summed E-state index contributed by atoms with van der Waals surface area (Å²) in [6.07, 6.45) is 2.31. The first kappa shape index (κ1) is 23.9. The van der Waals surface area contributed by atoms with E-state index >= 15 is 0 Å². The van der Waals surface area contributed by atoms with Gasteiger partial charge in [-0.25, -0.2) is 0 Å². The third-order valence-electron chi connectivity index (χ3n) is 5.36. The van der Waals surface area contributed by atoms with Gasteiger partial charge in [0, 0.05) is 12.1 Å². The zero-order valence-electron chi connectivity index (χ0n) is 19.8. The third-order valence-corrected chi connectivity index (χ3v) is 5.36. The highest BCUT2D eigenvalue weighted by molar-refractivity contribution is 6.08. The van der Waals surface area contributed by atoms with Crippen LogP contribution in [0.15, 0.2) is 72.5 Å². The molecule has 0 fully saturated rings. The van der Waals surface area contributed by atoms with Crippen LogP contribution in [0.25, 0.3) is 6.08 Å². The molecule has 0 bridgehead atoms. The molecule has 0 aliphatic carbocycles. The van der Waals surface area contributed by atoms with Crippen molar-refractivity contribution < 1.29 is 23.8 Å². The predicted octanol–water partition coefficient (Wildman–Crippen LogP) is 4.83. The SMILES string of the molecule is CCOc1ccc(CCNC(=O)c2ccc(C=C3Oc4ccccc4NC3=O)cc2)cc1OCC. The van der Waals surface area contributed by atoms with Crippen LogP contribution in [0.4, 0.5) is 5.69 Å². The topological polar surface area (TPSA) is 85.9 Å². The second kappa shape index (κ2) is 11.2. The fraction of sp³-hybridized carbons (Fsp3) is 0.214. The third kappa shape index (κ3) is 6.00. The van der Waals surface area contributed by atoms with Crippen molar-refractivity contribution in [2.45, 2.75) is 20.3 Å². The Morgan fingerprint density at radius 2 is 1.71 bits per heavy atom. The molecule has 0 spiro atoms. The Hall–Kier alpha value is -4.26. The highest BCUT2D eigenvalue weighted by atomic mass is 16.5. The van der Waals surface area contributed by atoms with Crippen LogP contribution in [-0.2, 0) is 11.2 Å². The lowest BCUT2D eigenvalue weighted by Gasteiger charge is -2.19. The second-order valence-electron chi connectivity index (χ2n) is 7.84. The monoisotopic (exact) mass is 472 g/mol. The lowest BCUT2D eigenvalue weighted by molar-refractivity contribution is -0.115. The molecule has 2 amide bonds. The molecule has 3 aromatic rings. The van der Waals surface area contributed by atoms with Crippen LogP contribution in [0.5, 0.6) is 17.2 Å². The molecule has 0 saturated carbocycles. The summed E-state index contributed by atoms with van der Waals surface area (Å²) in [5.41, 5.74) is 2.98. The fourth-order valence-electron chi connectivity index (χ4n) is 3.66. The van der Waals surface area contributed by atoms with Crippen molar-refractivity contribution in [1.29, 1.82) is 0 Å². The molecule has 0 unspecified atom stereocenters. The van der Waals surface area contributed by atoms with Crippen LogP contribution in [0.3, 0.4) is 0 Å². The first-order valence-electron chi connectivity index (χ1n) is 11.6. The van der Waals surface area contributed by atoms with Crippen LogP contribution in [0.2, 0.25) is 0 Å². The minimum atomic E-state index is -0.313. The van der Waals surface area contributed by atoms with Crippen molar-refractivity contribution in [2.75, 3.05) is 25.1 Å². The van der Waals surface area contributed by atoms with Crippen molar-refractivity contribution in [3.63, 3.8) is 0 Å². The molecule has 7 heteroatoms. The van der Waals surface area contributed by atoms with Crippen LogP contribution in [-0.4, -0.2) is 31.6 Å². The van der Waals surface area contributed by atoms with E-state index in [1.54, 1.807) is 42.5 Å². The summed E-state index contributed by atoms with van der Waals surface area (Å²) in [5, 5.41) is 5.75. The summed E-state index contributed by atoms with van der Waals surface area (Å²) in [6, 6.07) is 20.1. The van der Waals surface area contributed by atoms with Crippen molar-refractivity contribution in [3.8, 4) is 17.2 Å². The molecule has 1 aliphatic heterocycles. The highest BCUT2D eigenvalue weighted by Crippen LogP contribution is 2.31. The normalized spacial score (nSPS) is 13.4. The lowest BCUT2D eigenvalue weighted by atomic mass is 10.1. The summed E-state index contributed by atoms with van der Waals surface area (Å²) in [5.74, 6) is 1.74.